The molecule has 1 saturated heterocycles. The summed E-state index contributed by atoms with van der Waals surface area (Å²) in [6, 6.07) is 20.7. The minimum absolute atomic E-state index is 0.151. The summed E-state index contributed by atoms with van der Waals surface area (Å²) in [6.45, 7) is 4.93. The molecule has 2 aromatic carbocycles. The predicted molar refractivity (Wildman–Crippen MR) is 115 cm³/mol. The molecule has 4 nitrogen and oxygen atoms in total. The third-order valence-corrected chi connectivity index (χ3v) is 5.98. The molecule has 4 heteroatoms. The van der Waals surface area contributed by atoms with Crippen molar-refractivity contribution in [1.29, 1.82) is 0 Å². The Bertz CT molecular complexity index is 949. The van der Waals surface area contributed by atoms with Crippen molar-refractivity contribution in [1.82, 2.24) is 9.88 Å². The summed E-state index contributed by atoms with van der Waals surface area (Å²) in [5.41, 5.74) is 3.00. The van der Waals surface area contributed by atoms with E-state index in [0.29, 0.717) is 18.2 Å². The number of oxazole rings is 1. The van der Waals surface area contributed by atoms with Crippen molar-refractivity contribution in [3.8, 4) is 11.5 Å². The van der Waals surface area contributed by atoms with E-state index in [4.69, 9.17) is 4.42 Å². The topological polar surface area (TPSA) is 46.3 Å². The van der Waals surface area contributed by atoms with E-state index in [1.54, 1.807) is 0 Å². The summed E-state index contributed by atoms with van der Waals surface area (Å²) >= 11 is 0. The van der Waals surface area contributed by atoms with Crippen LogP contribution in [0.15, 0.2) is 65.1 Å². The number of hydrogen-bond donors (Lipinski definition) is 0. The van der Waals surface area contributed by atoms with Crippen molar-refractivity contribution >= 4 is 5.91 Å². The number of likely N-dealkylation sites (tertiary alicyclic amines) is 1. The number of nitrogens with zero attached hydrogens (tertiary/aromatic N) is 2. The molecule has 2 atom stereocenters. The first-order valence-corrected chi connectivity index (χ1v) is 10.5. The third-order valence-electron chi connectivity index (χ3n) is 5.98. The maximum absolute atomic E-state index is 13.2. The van der Waals surface area contributed by atoms with Gasteiger partial charge in [-0.3, -0.25) is 4.79 Å². The fourth-order valence-corrected chi connectivity index (χ4v) is 4.49. The van der Waals surface area contributed by atoms with E-state index < -0.39 is 0 Å². The fraction of sp³-hybridized carbons (Fsp3) is 0.360. The van der Waals surface area contributed by atoms with Gasteiger partial charge in [-0.05, 0) is 43.9 Å². The second-order valence-electron chi connectivity index (χ2n) is 7.79. The Balaban J connectivity index is 1.51. The lowest BCUT2D eigenvalue weighted by Crippen LogP contribution is -2.40. The minimum Gasteiger partial charge on any atom is -0.441 e. The second-order valence-corrected chi connectivity index (χ2v) is 7.79. The number of benzene rings is 2. The molecule has 0 radical (unpaired) electrons. The molecule has 3 aromatic rings. The van der Waals surface area contributed by atoms with Crippen LogP contribution in [0.1, 0.15) is 49.1 Å². The van der Waals surface area contributed by atoms with Crippen LogP contribution in [0.25, 0.3) is 11.5 Å². The lowest BCUT2D eigenvalue weighted by Gasteiger charge is -2.31. The molecule has 1 aromatic heterocycles. The highest BCUT2D eigenvalue weighted by Gasteiger charge is 2.35. The van der Waals surface area contributed by atoms with Gasteiger partial charge in [-0.15, -0.1) is 0 Å². The van der Waals surface area contributed by atoms with Crippen LogP contribution in [-0.2, 0) is 11.2 Å². The number of carbonyl (C=O) groups is 1. The maximum Gasteiger partial charge on any atom is 0.228 e. The van der Waals surface area contributed by atoms with E-state index in [9.17, 15) is 4.79 Å². The van der Waals surface area contributed by atoms with E-state index >= 15 is 0 Å². The summed E-state index contributed by atoms with van der Waals surface area (Å²) in [7, 11) is 0. The Morgan fingerprint density at radius 3 is 2.52 bits per heavy atom. The van der Waals surface area contributed by atoms with Crippen LogP contribution in [0.5, 0.6) is 0 Å². The Hall–Kier alpha value is -2.88. The first kappa shape index (κ1) is 19.4. The van der Waals surface area contributed by atoms with Crippen molar-refractivity contribution < 1.29 is 9.21 Å². The zero-order chi connectivity index (χ0) is 20.2. The molecule has 2 heterocycles. The number of rotatable bonds is 6. The monoisotopic (exact) mass is 388 g/mol. The van der Waals surface area contributed by atoms with Gasteiger partial charge in [-0.2, -0.15) is 0 Å². The molecule has 0 saturated carbocycles. The largest absolute Gasteiger partial charge is 0.441 e. The summed E-state index contributed by atoms with van der Waals surface area (Å²) < 4.78 is 5.85. The number of carbonyl (C=O) groups excluding carboxylic acids is 1. The molecule has 0 aliphatic carbocycles. The van der Waals surface area contributed by atoms with Crippen LogP contribution in [-0.4, -0.2) is 28.4 Å². The summed E-state index contributed by atoms with van der Waals surface area (Å²) in [5, 5.41) is 0. The molecule has 29 heavy (non-hydrogen) atoms. The maximum atomic E-state index is 13.2. The van der Waals surface area contributed by atoms with Crippen LogP contribution in [0, 0.1) is 6.92 Å². The first-order valence-electron chi connectivity index (χ1n) is 10.5. The van der Waals surface area contributed by atoms with Crippen molar-refractivity contribution in [2.45, 2.75) is 51.5 Å². The van der Waals surface area contributed by atoms with Gasteiger partial charge in [0, 0.05) is 24.1 Å². The number of amides is 1. The molecule has 0 bridgehead atoms. The molecule has 0 spiro atoms. The summed E-state index contributed by atoms with van der Waals surface area (Å²) in [6.07, 6.45) is 3.45. The molecule has 4 rings (SSSR count). The van der Waals surface area contributed by atoms with Crippen molar-refractivity contribution in [2.75, 3.05) is 6.54 Å². The molecule has 1 fully saturated rings. The van der Waals surface area contributed by atoms with Crippen molar-refractivity contribution in [3.63, 3.8) is 0 Å². The lowest BCUT2D eigenvalue weighted by atomic mass is 9.87. The molecule has 1 aliphatic rings. The lowest BCUT2D eigenvalue weighted by molar-refractivity contribution is -0.131. The van der Waals surface area contributed by atoms with Crippen LogP contribution in [0.2, 0.25) is 0 Å². The Kier molecular flexibility index (Phi) is 5.79. The summed E-state index contributed by atoms with van der Waals surface area (Å²) in [5.74, 6) is 1.83. The van der Waals surface area contributed by atoms with Gasteiger partial charge in [0.2, 0.25) is 11.8 Å². The van der Waals surface area contributed by atoms with Gasteiger partial charge in [-0.25, -0.2) is 4.98 Å². The average molecular weight is 389 g/mol. The number of aryl methyl sites for hydroxylation is 1. The summed E-state index contributed by atoms with van der Waals surface area (Å²) in [4.78, 5) is 19.9. The standard InChI is InChI=1S/C25H28N2O2/c1-3-21(19-11-6-4-7-12-19)23-15-10-16-27(23)24(28)17-22-18(2)29-25(26-22)20-13-8-5-9-14-20/h4-9,11-14,21,23H,3,10,15-17H2,1-2H3/t21-,23+/m1/s1. The van der Waals surface area contributed by atoms with Gasteiger partial charge in [0.1, 0.15) is 5.76 Å². The molecular weight excluding hydrogens is 360 g/mol. The second kappa shape index (κ2) is 8.64. The molecule has 0 N–H and O–H groups in total. The van der Waals surface area contributed by atoms with E-state index in [0.717, 1.165) is 42.8 Å². The van der Waals surface area contributed by atoms with Crippen LogP contribution < -0.4 is 0 Å². The van der Waals surface area contributed by atoms with Crippen molar-refractivity contribution in [3.05, 3.63) is 77.7 Å². The van der Waals surface area contributed by atoms with Crippen LogP contribution >= 0.6 is 0 Å². The number of aromatic nitrogens is 1. The zero-order valence-electron chi connectivity index (χ0n) is 17.2. The molecular formula is C25H28N2O2. The Morgan fingerprint density at radius 2 is 1.83 bits per heavy atom. The van der Waals surface area contributed by atoms with E-state index in [-0.39, 0.29) is 11.9 Å². The fourth-order valence-electron chi connectivity index (χ4n) is 4.49. The Morgan fingerprint density at radius 1 is 1.14 bits per heavy atom. The zero-order valence-corrected chi connectivity index (χ0v) is 17.2. The van der Waals surface area contributed by atoms with E-state index in [1.807, 2.05) is 43.3 Å². The molecule has 150 valence electrons. The van der Waals surface area contributed by atoms with Gasteiger partial charge < -0.3 is 9.32 Å². The SMILES string of the molecule is CC[C@H](c1ccccc1)[C@@H]1CCCN1C(=O)Cc1nc(-c2ccccc2)oc1C. The van der Waals surface area contributed by atoms with Gasteiger partial charge in [0.15, 0.2) is 0 Å². The highest BCUT2D eigenvalue weighted by atomic mass is 16.4. The van der Waals surface area contributed by atoms with E-state index in [1.165, 1.54) is 5.56 Å². The molecule has 1 aliphatic heterocycles. The normalized spacial score (nSPS) is 17.4. The molecule has 1 amide bonds. The van der Waals surface area contributed by atoms with E-state index in [2.05, 4.69) is 41.1 Å². The van der Waals surface area contributed by atoms with Gasteiger partial charge in [0.25, 0.3) is 0 Å². The minimum atomic E-state index is 0.151. The van der Waals surface area contributed by atoms with Gasteiger partial charge >= 0.3 is 0 Å². The third kappa shape index (κ3) is 4.12. The quantitative estimate of drug-likeness (QED) is 0.570. The van der Waals surface area contributed by atoms with Gasteiger partial charge in [0.05, 0.1) is 12.1 Å². The smallest absolute Gasteiger partial charge is 0.228 e. The first-order chi connectivity index (χ1) is 14.2. The molecule has 0 unspecified atom stereocenters. The van der Waals surface area contributed by atoms with Gasteiger partial charge in [-0.1, -0.05) is 55.5 Å². The number of hydrogen-bond acceptors (Lipinski definition) is 3. The average Bonchev–Trinajstić information content (AvgIpc) is 3.37. The highest BCUT2D eigenvalue weighted by Crippen LogP contribution is 2.34. The predicted octanol–water partition coefficient (Wildman–Crippen LogP) is 5.38. The van der Waals surface area contributed by atoms with Crippen LogP contribution in [0.3, 0.4) is 0 Å². The highest BCUT2D eigenvalue weighted by molar-refractivity contribution is 5.79. The van der Waals surface area contributed by atoms with Crippen molar-refractivity contribution in [2.24, 2.45) is 0 Å². The van der Waals surface area contributed by atoms with Crippen LogP contribution in [0.4, 0.5) is 0 Å². The Labute approximate surface area is 172 Å².